The summed E-state index contributed by atoms with van der Waals surface area (Å²) < 4.78 is 0. The molecule has 0 atom stereocenters. The van der Waals surface area contributed by atoms with Crippen LogP contribution in [0, 0.1) is 0 Å². The predicted molar refractivity (Wildman–Crippen MR) is 88.1 cm³/mol. The molecular weight excluding hydrogens is 259 g/mol. The van der Waals surface area contributed by atoms with E-state index in [0.29, 0.717) is 5.46 Å². The van der Waals surface area contributed by atoms with Crippen molar-refractivity contribution in [2.45, 2.75) is 0 Å². The Hall–Kier alpha value is -2.36. The predicted octanol–water partition coefficient (Wildman–Crippen LogP) is 2.72. The SMILES string of the molecule is OB(O)c1ccccc1.c1ccc(-c2ccccc2)cc1. The molecule has 21 heavy (non-hydrogen) atoms. The first-order chi connectivity index (χ1) is 10.3. The Morgan fingerprint density at radius 1 is 0.476 bits per heavy atom. The van der Waals surface area contributed by atoms with Gasteiger partial charge in [-0.05, 0) is 16.6 Å². The molecule has 2 N–H and O–H groups in total. The summed E-state index contributed by atoms with van der Waals surface area (Å²) in [4.78, 5) is 0. The summed E-state index contributed by atoms with van der Waals surface area (Å²) in [6, 6.07) is 29.4. The van der Waals surface area contributed by atoms with Crippen LogP contribution in [0.4, 0.5) is 0 Å². The fraction of sp³-hybridized carbons (Fsp3) is 0. The van der Waals surface area contributed by atoms with Crippen molar-refractivity contribution in [2.75, 3.05) is 0 Å². The van der Waals surface area contributed by atoms with Crippen molar-refractivity contribution in [3.05, 3.63) is 91.0 Å². The Bertz CT molecular complexity index is 588. The molecule has 0 bridgehead atoms. The van der Waals surface area contributed by atoms with Gasteiger partial charge in [0, 0.05) is 0 Å². The molecule has 104 valence electrons. The second-order valence-corrected chi connectivity index (χ2v) is 4.52. The van der Waals surface area contributed by atoms with E-state index < -0.39 is 7.12 Å². The molecule has 0 saturated carbocycles. The Morgan fingerprint density at radius 3 is 1.10 bits per heavy atom. The quantitative estimate of drug-likeness (QED) is 0.706. The maximum absolute atomic E-state index is 8.58. The fourth-order valence-electron chi connectivity index (χ4n) is 1.89. The van der Waals surface area contributed by atoms with Gasteiger partial charge < -0.3 is 10.0 Å². The van der Waals surface area contributed by atoms with Gasteiger partial charge >= 0.3 is 7.12 Å². The molecule has 0 heterocycles. The molecule has 0 aliphatic heterocycles. The van der Waals surface area contributed by atoms with Crippen LogP contribution in [-0.4, -0.2) is 17.2 Å². The zero-order chi connectivity index (χ0) is 14.9. The van der Waals surface area contributed by atoms with Crippen LogP contribution in [-0.2, 0) is 0 Å². The van der Waals surface area contributed by atoms with E-state index in [2.05, 4.69) is 48.5 Å². The lowest BCUT2D eigenvalue weighted by molar-refractivity contribution is 0.426. The first-order valence-corrected chi connectivity index (χ1v) is 6.79. The maximum Gasteiger partial charge on any atom is 0.488 e. The Kier molecular flexibility index (Phi) is 5.77. The molecule has 3 heteroatoms. The van der Waals surface area contributed by atoms with Crippen molar-refractivity contribution in [3.63, 3.8) is 0 Å². The molecule has 0 saturated heterocycles. The van der Waals surface area contributed by atoms with Gasteiger partial charge in [-0.1, -0.05) is 91.0 Å². The summed E-state index contributed by atoms with van der Waals surface area (Å²) in [5.74, 6) is 0. The van der Waals surface area contributed by atoms with Crippen molar-refractivity contribution in [1.82, 2.24) is 0 Å². The van der Waals surface area contributed by atoms with E-state index in [1.807, 2.05) is 18.2 Å². The van der Waals surface area contributed by atoms with Gasteiger partial charge in [0.05, 0.1) is 0 Å². The number of rotatable bonds is 2. The summed E-state index contributed by atoms with van der Waals surface area (Å²) in [5, 5.41) is 17.2. The first-order valence-electron chi connectivity index (χ1n) is 6.79. The van der Waals surface area contributed by atoms with E-state index in [1.54, 1.807) is 24.3 Å². The topological polar surface area (TPSA) is 40.5 Å². The summed E-state index contributed by atoms with van der Waals surface area (Å²) in [6.07, 6.45) is 0. The van der Waals surface area contributed by atoms with E-state index in [9.17, 15) is 0 Å². The fourth-order valence-corrected chi connectivity index (χ4v) is 1.89. The van der Waals surface area contributed by atoms with Crippen molar-refractivity contribution >= 4 is 12.6 Å². The van der Waals surface area contributed by atoms with E-state index in [1.165, 1.54) is 11.1 Å². The Labute approximate surface area is 125 Å². The van der Waals surface area contributed by atoms with E-state index in [0.717, 1.165) is 0 Å². The summed E-state index contributed by atoms with van der Waals surface area (Å²) >= 11 is 0. The third-order valence-electron chi connectivity index (χ3n) is 2.98. The van der Waals surface area contributed by atoms with Gasteiger partial charge in [0.1, 0.15) is 0 Å². The van der Waals surface area contributed by atoms with Crippen LogP contribution in [0.5, 0.6) is 0 Å². The van der Waals surface area contributed by atoms with Crippen LogP contribution < -0.4 is 5.46 Å². The average molecular weight is 276 g/mol. The summed E-state index contributed by atoms with van der Waals surface area (Å²) in [7, 11) is -1.34. The van der Waals surface area contributed by atoms with E-state index in [4.69, 9.17) is 10.0 Å². The minimum Gasteiger partial charge on any atom is -0.423 e. The summed E-state index contributed by atoms with van der Waals surface area (Å²) in [6.45, 7) is 0. The number of benzene rings is 3. The molecule has 3 rings (SSSR count). The zero-order valence-electron chi connectivity index (χ0n) is 11.6. The Balaban J connectivity index is 0.000000161. The number of hydrogen-bond donors (Lipinski definition) is 2. The first kappa shape index (κ1) is 15.0. The van der Waals surface area contributed by atoms with Gasteiger partial charge in [-0.3, -0.25) is 0 Å². The van der Waals surface area contributed by atoms with Crippen LogP contribution in [0.1, 0.15) is 0 Å². The van der Waals surface area contributed by atoms with Crippen LogP contribution in [0.3, 0.4) is 0 Å². The van der Waals surface area contributed by atoms with Crippen LogP contribution >= 0.6 is 0 Å². The molecule has 0 aliphatic rings. The molecule has 3 aromatic carbocycles. The van der Waals surface area contributed by atoms with Crippen molar-refractivity contribution in [2.24, 2.45) is 0 Å². The molecule has 2 nitrogen and oxygen atoms in total. The van der Waals surface area contributed by atoms with Crippen LogP contribution in [0.25, 0.3) is 11.1 Å². The monoisotopic (exact) mass is 276 g/mol. The second kappa shape index (κ2) is 8.05. The highest BCUT2D eigenvalue weighted by Crippen LogP contribution is 2.17. The maximum atomic E-state index is 8.58. The van der Waals surface area contributed by atoms with Crippen molar-refractivity contribution in [1.29, 1.82) is 0 Å². The van der Waals surface area contributed by atoms with Crippen LogP contribution in [0.2, 0.25) is 0 Å². The molecule has 3 aromatic rings. The highest BCUT2D eigenvalue weighted by Gasteiger charge is 2.07. The van der Waals surface area contributed by atoms with E-state index >= 15 is 0 Å². The molecule has 0 fully saturated rings. The molecule has 0 spiro atoms. The van der Waals surface area contributed by atoms with Crippen molar-refractivity contribution in [3.8, 4) is 11.1 Å². The molecular formula is C18H17BO2. The smallest absolute Gasteiger partial charge is 0.423 e. The molecule has 0 aliphatic carbocycles. The molecule has 0 aromatic heterocycles. The zero-order valence-corrected chi connectivity index (χ0v) is 11.6. The average Bonchev–Trinajstić information content (AvgIpc) is 2.58. The lowest BCUT2D eigenvalue weighted by Gasteiger charge is -1.98. The molecule has 0 unspecified atom stereocenters. The largest absolute Gasteiger partial charge is 0.488 e. The van der Waals surface area contributed by atoms with Crippen LogP contribution in [0.15, 0.2) is 91.0 Å². The van der Waals surface area contributed by atoms with E-state index in [-0.39, 0.29) is 0 Å². The van der Waals surface area contributed by atoms with Gasteiger partial charge in [0.25, 0.3) is 0 Å². The third kappa shape index (κ3) is 4.91. The normalized spacial score (nSPS) is 9.43. The Morgan fingerprint density at radius 2 is 0.810 bits per heavy atom. The lowest BCUT2D eigenvalue weighted by Crippen LogP contribution is -2.29. The van der Waals surface area contributed by atoms with Gasteiger partial charge in [0.2, 0.25) is 0 Å². The second-order valence-electron chi connectivity index (χ2n) is 4.52. The molecule has 0 amide bonds. The third-order valence-corrected chi connectivity index (χ3v) is 2.98. The standard InChI is InChI=1S/C12H10.C6H7BO2/c1-3-7-11(8-4-1)12-9-5-2-6-10-12;8-7(9)6-4-2-1-3-5-6/h1-10H;1-5,8-9H. The highest BCUT2D eigenvalue weighted by atomic mass is 16.4. The number of hydrogen-bond acceptors (Lipinski definition) is 2. The van der Waals surface area contributed by atoms with Gasteiger partial charge in [0.15, 0.2) is 0 Å². The van der Waals surface area contributed by atoms with Gasteiger partial charge in [-0.25, -0.2) is 0 Å². The van der Waals surface area contributed by atoms with Crippen molar-refractivity contribution < 1.29 is 10.0 Å². The van der Waals surface area contributed by atoms with Gasteiger partial charge in [-0.15, -0.1) is 0 Å². The van der Waals surface area contributed by atoms with Gasteiger partial charge in [-0.2, -0.15) is 0 Å². The highest BCUT2D eigenvalue weighted by molar-refractivity contribution is 6.58. The molecule has 0 radical (unpaired) electrons. The lowest BCUT2D eigenvalue weighted by atomic mass is 9.81. The minimum atomic E-state index is -1.34. The summed E-state index contributed by atoms with van der Waals surface area (Å²) in [5.41, 5.74) is 3.08. The minimum absolute atomic E-state index is 0.525.